The standard InChI is InChI=1S/C18H25NO/c1-17(2)13-15(16(20)19-18(17,3)4)12-8-11-14-9-6-5-7-10-14/h5-11,15H,12-13H2,1-4H3,(H,19,20). The molecule has 2 rings (SSSR count). The van der Waals surface area contributed by atoms with Crippen molar-refractivity contribution in [3.8, 4) is 0 Å². The number of nitrogens with one attached hydrogen (secondary N) is 1. The van der Waals surface area contributed by atoms with E-state index in [2.05, 4.69) is 57.3 Å². The second-order valence-corrected chi connectivity index (χ2v) is 6.95. The van der Waals surface area contributed by atoms with Crippen molar-refractivity contribution in [2.24, 2.45) is 11.3 Å². The summed E-state index contributed by atoms with van der Waals surface area (Å²) in [4.78, 5) is 12.2. The van der Waals surface area contributed by atoms with Crippen molar-refractivity contribution in [1.82, 2.24) is 5.32 Å². The van der Waals surface area contributed by atoms with Gasteiger partial charge < -0.3 is 5.32 Å². The highest BCUT2D eigenvalue weighted by molar-refractivity contribution is 5.81. The number of piperidine rings is 1. The third kappa shape index (κ3) is 3.12. The fourth-order valence-electron chi connectivity index (χ4n) is 2.67. The average Bonchev–Trinajstić information content (AvgIpc) is 2.36. The van der Waals surface area contributed by atoms with Gasteiger partial charge in [0.05, 0.1) is 0 Å². The van der Waals surface area contributed by atoms with Crippen LogP contribution in [0.5, 0.6) is 0 Å². The summed E-state index contributed by atoms with van der Waals surface area (Å²) >= 11 is 0. The van der Waals surface area contributed by atoms with Crippen molar-refractivity contribution in [2.75, 3.05) is 0 Å². The van der Waals surface area contributed by atoms with Gasteiger partial charge in [-0.25, -0.2) is 0 Å². The zero-order valence-corrected chi connectivity index (χ0v) is 12.9. The first kappa shape index (κ1) is 14.8. The number of amides is 1. The molecule has 1 amide bonds. The van der Waals surface area contributed by atoms with Crippen molar-refractivity contribution >= 4 is 12.0 Å². The molecule has 1 fully saturated rings. The summed E-state index contributed by atoms with van der Waals surface area (Å²) < 4.78 is 0. The van der Waals surface area contributed by atoms with Gasteiger partial charge in [0.1, 0.15) is 0 Å². The molecule has 1 saturated heterocycles. The van der Waals surface area contributed by atoms with Crippen LogP contribution in [0.4, 0.5) is 0 Å². The van der Waals surface area contributed by atoms with E-state index in [9.17, 15) is 4.79 Å². The van der Waals surface area contributed by atoms with E-state index < -0.39 is 0 Å². The van der Waals surface area contributed by atoms with Gasteiger partial charge in [-0.1, -0.05) is 56.3 Å². The van der Waals surface area contributed by atoms with E-state index in [0.717, 1.165) is 12.8 Å². The fourth-order valence-corrected chi connectivity index (χ4v) is 2.67. The van der Waals surface area contributed by atoms with E-state index in [0.29, 0.717) is 0 Å². The molecule has 1 heterocycles. The van der Waals surface area contributed by atoms with Gasteiger partial charge in [-0.15, -0.1) is 0 Å². The van der Waals surface area contributed by atoms with Crippen LogP contribution in [0.3, 0.4) is 0 Å². The minimum absolute atomic E-state index is 0.0815. The summed E-state index contributed by atoms with van der Waals surface area (Å²) in [6, 6.07) is 10.2. The Balaban J connectivity index is 2.00. The molecule has 0 radical (unpaired) electrons. The van der Waals surface area contributed by atoms with E-state index in [1.54, 1.807) is 0 Å². The Hall–Kier alpha value is -1.57. The van der Waals surface area contributed by atoms with Crippen molar-refractivity contribution in [3.63, 3.8) is 0 Å². The highest BCUT2D eigenvalue weighted by Gasteiger charge is 2.45. The Morgan fingerprint density at radius 2 is 1.85 bits per heavy atom. The quantitative estimate of drug-likeness (QED) is 0.883. The minimum Gasteiger partial charge on any atom is -0.350 e. The summed E-state index contributed by atoms with van der Waals surface area (Å²) in [5, 5.41) is 3.17. The molecule has 1 aromatic carbocycles. The summed E-state index contributed by atoms with van der Waals surface area (Å²) in [7, 11) is 0. The lowest BCUT2D eigenvalue weighted by Gasteiger charge is -2.48. The van der Waals surface area contributed by atoms with E-state index in [4.69, 9.17) is 0 Å². The SMILES string of the molecule is CC1(C)CC(CC=Cc2ccccc2)C(=O)NC1(C)C. The van der Waals surface area contributed by atoms with Crippen LogP contribution in [0, 0.1) is 11.3 Å². The molecule has 0 aliphatic carbocycles. The second kappa shape index (κ2) is 5.43. The first-order chi connectivity index (χ1) is 9.32. The Labute approximate surface area is 122 Å². The molecule has 0 aromatic heterocycles. The average molecular weight is 271 g/mol. The number of allylic oxidation sites excluding steroid dienone is 1. The molecule has 1 N–H and O–H groups in total. The molecule has 1 atom stereocenters. The van der Waals surface area contributed by atoms with Gasteiger partial charge in [-0.2, -0.15) is 0 Å². The molecule has 0 spiro atoms. The van der Waals surface area contributed by atoms with E-state index in [1.807, 2.05) is 18.2 Å². The van der Waals surface area contributed by atoms with Crippen LogP contribution in [0.25, 0.3) is 6.08 Å². The van der Waals surface area contributed by atoms with Crippen molar-refractivity contribution < 1.29 is 4.79 Å². The molecule has 1 aliphatic rings. The van der Waals surface area contributed by atoms with Gasteiger partial charge in [0, 0.05) is 11.5 Å². The van der Waals surface area contributed by atoms with Gasteiger partial charge >= 0.3 is 0 Å². The molecule has 2 heteroatoms. The maximum Gasteiger partial charge on any atom is 0.223 e. The van der Waals surface area contributed by atoms with Crippen LogP contribution < -0.4 is 5.32 Å². The molecule has 1 aliphatic heterocycles. The molecule has 0 bridgehead atoms. The highest BCUT2D eigenvalue weighted by atomic mass is 16.2. The fraction of sp³-hybridized carbons (Fsp3) is 0.500. The van der Waals surface area contributed by atoms with Gasteiger partial charge in [0.25, 0.3) is 0 Å². The first-order valence-corrected chi connectivity index (χ1v) is 7.35. The summed E-state index contributed by atoms with van der Waals surface area (Å²) in [5.41, 5.74) is 1.17. The molecule has 2 nitrogen and oxygen atoms in total. The predicted octanol–water partition coefficient (Wildman–Crippen LogP) is 4.03. The number of rotatable bonds is 3. The largest absolute Gasteiger partial charge is 0.350 e. The minimum atomic E-state index is -0.135. The number of carbonyl (C=O) groups is 1. The zero-order chi connectivity index (χ0) is 14.8. The maximum atomic E-state index is 12.2. The van der Waals surface area contributed by atoms with Crippen LogP contribution >= 0.6 is 0 Å². The van der Waals surface area contributed by atoms with Crippen LogP contribution in [-0.2, 0) is 4.79 Å². The zero-order valence-electron chi connectivity index (χ0n) is 12.9. The third-order valence-corrected chi connectivity index (χ3v) is 4.79. The lowest BCUT2D eigenvalue weighted by Crippen LogP contribution is -2.60. The normalized spacial score (nSPS) is 24.6. The van der Waals surface area contributed by atoms with Crippen LogP contribution in [0.2, 0.25) is 0 Å². The summed E-state index contributed by atoms with van der Waals surface area (Å²) in [6.45, 7) is 8.70. The Morgan fingerprint density at radius 1 is 1.20 bits per heavy atom. The highest BCUT2D eigenvalue weighted by Crippen LogP contribution is 2.41. The van der Waals surface area contributed by atoms with E-state index in [1.165, 1.54) is 5.56 Å². The lowest BCUT2D eigenvalue weighted by molar-refractivity contribution is -0.134. The maximum absolute atomic E-state index is 12.2. The molecule has 20 heavy (non-hydrogen) atoms. The van der Waals surface area contributed by atoms with Crippen LogP contribution in [-0.4, -0.2) is 11.4 Å². The first-order valence-electron chi connectivity index (χ1n) is 7.35. The topological polar surface area (TPSA) is 29.1 Å². The molecule has 1 unspecified atom stereocenters. The van der Waals surface area contributed by atoms with Crippen molar-refractivity contribution in [2.45, 2.75) is 46.1 Å². The lowest BCUT2D eigenvalue weighted by atomic mass is 9.65. The third-order valence-electron chi connectivity index (χ3n) is 4.79. The molecular weight excluding hydrogens is 246 g/mol. The van der Waals surface area contributed by atoms with Gasteiger partial charge in [0.2, 0.25) is 5.91 Å². The van der Waals surface area contributed by atoms with Crippen molar-refractivity contribution in [1.29, 1.82) is 0 Å². The van der Waals surface area contributed by atoms with Gasteiger partial charge in [-0.05, 0) is 37.7 Å². The molecule has 1 aromatic rings. The smallest absolute Gasteiger partial charge is 0.223 e. The van der Waals surface area contributed by atoms with Crippen LogP contribution in [0.1, 0.15) is 46.1 Å². The molecular formula is C18H25NO. The number of benzene rings is 1. The van der Waals surface area contributed by atoms with Gasteiger partial charge in [-0.3, -0.25) is 4.79 Å². The Kier molecular flexibility index (Phi) is 4.03. The van der Waals surface area contributed by atoms with Gasteiger partial charge in [0.15, 0.2) is 0 Å². The van der Waals surface area contributed by atoms with Crippen LogP contribution in [0.15, 0.2) is 36.4 Å². The van der Waals surface area contributed by atoms with E-state index >= 15 is 0 Å². The number of hydrogen-bond donors (Lipinski definition) is 1. The van der Waals surface area contributed by atoms with Crippen molar-refractivity contribution in [3.05, 3.63) is 42.0 Å². The Bertz CT molecular complexity index is 499. The summed E-state index contributed by atoms with van der Waals surface area (Å²) in [6.07, 6.45) is 5.96. The van der Waals surface area contributed by atoms with E-state index in [-0.39, 0.29) is 22.8 Å². The predicted molar refractivity (Wildman–Crippen MR) is 84.2 cm³/mol. The molecule has 108 valence electrons. The molecule has 0 saturated carbocycles. The number of hydrogen-bond acceptors (Lipinski definition) is 1. The monoisotopic (exact) mass is 271 g/mol. The second-order valence-electron chi connectivity index (χ2n) is 6.95. The summed E-state index contributed by atoms with van der Waals surface area (Å²) in [5.74, 6) is 0.269. The number of carbonyl (C=O) groups excluding carboxylic acids is 1. The Morgan fingerprint density at radius 3 is 2.50 bits per heavy atom.